The fourth-order valence-electron chi connectivity index (χ4n) is 4.59. The van der Waals surface area contributed by atoms with Gasteiger partial charge in [0.15, 0.2) is 5.82 Å². The number of carbonyl (C=O) groups is 1. The highest BCUT2D eigenvalue weighted by atomic mass is 16.5. The van der Waals surface area contributed by atoms with Crippen molar-refractivity contribution < 1.29 is 9.53 Å². The molecule has 184 valence electrons. The van der Waals surface area contributed by atoms with Crippen molar-refractivity contribution in [2.24, 2.45) is 0 Å². The molecular formula is C30H32N4O2. The van der Waals surface area contributed by atoms with Crippen molar-refractivity contribution in [1.29, 1.82) is 0 Å². The number of carbonyl (C=O) groups excluding carboxylic acids is 1. The lowest BCUT2D eigenvalue weighted by atomic mass is 9.86. The summed E-state index contributed by atoms with van der Waals surface area (Å²) >= 11 is 0. The lowest BCUT2D eigenvalue weighted by Gasteiger charge is -2.36. The summed E-state index contributed by atoms with van der Waals surface area (Å²) in [7, 11) is 1.66. The predicted molar refractivity (Wildman–Crippen MR) is 145 cm³/mol. The van der Waals surface area contributed by atoms with Crippen LogP contribution in [0, 0.1) is 0 Å². The minimum Gasteiger partial charge on any atom is -0.497 e. The molecule has 1 aliphatic rings. The first kappa shape index (κ1) is 23.8. The van der Waals surface area contributed by atoms with Crippen LogP contribution in [0.5, 0.6) is 5.75 Å². The molecule has 0 spiro atoms. The number of rotatable bonds is 4. The fourth-order valence-corrected chi connectivity index (χ4v) is 4.59. The van der Waals surface area contributed by atoms with E-state index in [1.165, 1.54) is 5.56 Å². The molecule has 0 saturated carbocycles. The maximum atomic E-state index is 13.2. The number of ether oxygens (including phenoxy) is 1. The summed E-state index contributed by atoms with van der Waals surface area (Å²) < 4.78 is 5.29. The molecule has 0 atom stereocenters. The number of methoxy groups -OCH3 is 1. The van der Waals surface area contributed by atoms with Gasteiger partial charge in [0.2, 0.25) is 0 Å². The highest BCUT2D eigenvalue weighted by molar-refractivity contribution is 5.95. The van der Waals surface area contributed by atoms with E-state index in [4.69, 9.17) is 14.7 Å². The third-order valence-electron chi connectivity index (χ3n) is 6.80. The van der Waals surface area contributed by atoms with Gasteiger partial charge in [-0.1, -0.05) is 45.0 Å². The van der Waals surface area contributed by atoms with Gasteiger partial charge in [-0.05, 0) is 59.5 Å². The standard InChI is InChI=1S/C30H32N4O2/c1-30(2,3)23-13-9-22(10-14-23)29(35)34-19-17-33(18-20-34)28-25-7-5-6-8-26(25)31-27(32-28)21-11-15-24(36-4)16-12-21/h5-16H,17-20H2,1-4H3. The summed E-state index contributed by atoms with van der Waals surface area (Å²) in [5, 5.41) is 1.02. The second kappa shape index (κ2) is 9.61. The van der Waals surface area contributed by atoms with Gasteiger partial charge in [-0.15, -0.1) is 0 Å². The van der Waals surface area contributed by atoms with Crippen molar-refractivity contribution in [2.45, 2.75) is 26.2 Å². The Morgan fingerprint density at radius 2 is 1.50 bits per heavy atom. The second-order valence-corrected chi connectivity index (χ2v) is 10.2. The number of amides is 1. The van der Waals surface area contributed by atoms with E-state index in [1.807, 2.05) is 59.5 Å². The first-order valence-corrected chi connectivity index (χ1v) is 12.4. The SMILES string of the molecule is COc1ccc(-c2nc(N3CCN(C(=O)c4ccc(C(C)(C)C)cc4)CC3)c3ccccc3n2)cc1. The first-order valence-electron chi connectivity index (χ1n) is 12.4. The van der Waals surface area contributed by atoms with Crippen LogP contribution in [0.15, 0.2) is 72.8 Å². The van der Waals surface area contributed by atoms with Crippen molar-refractivity contribution in [2.75, 3.05) is 38.2 Å². The van der Waals surface area contributed by atoms with Crippen LogP contribution < -0.4 is 9.64 Å². The normalized spacial score (nSPS) is 14.2. The molecule has 0 bridgehead atoms. The third-order valence-corrected chi connectivity index (χ3v) is 6.80. The minimum absolute atomic E-state index is 0.0676. The maximum Gasteiger partial charge on any atom is 0.253 e. The number of nitrogens with zero attached hydrogens (tertiary/aromatic N) is 4. The van der Waals surface area contributed by atoms with Crippen LogP contribution in [0.3, 0.4) is 0 Å². The van der Waals surface area contributed by atoms with E-state index in [2.05, 4.69) is 43.9 Å². The molecule has 0 unspecified atom stereocenters. The van der Waals surface area contributed by atoms with Gasteiger partial charge in [0, 0.05) is 42.7 Å². The van der Waals surface area contributed by atoms with Gasteiger partial charge in [-0.2, -0.15) is 0 Å². The molecule has 5 rings (SSSR count). The molecule has 1 saturated heterocycles. The molecule has 6 nitrogen and oxygen atoms in total. The van der Waals surface area contributed by atoms with E-state index in [0.717, 1.165) is 46.7 Å². The van der Waals surface area contributed by atoms with Gasteiger partial charge < -0.3 is 14.5 Å². The number of fused-ring (bicyclic) bond motifs is 1. The van der Waals surface area contributed by atoms with Gasteiger partial charge in [0.05, 0.1) is 12.6 Å². The summed E-state index contributed by atoms with van der Waals surface area (Å²) in [5.41, 5.74) is 3.89. The molecule has 1 aromatic heterocycles. The molecule has 1 amide bonds. The van der Waals surface area contributed by atoms with E-state index in [1.54, 1.807) is 7.11 Å². The zero-order valence-electron chi connectivity index (χ0n) is 21.4. The topological polar surface area (TPSA) is 58.6 Å². The molecule has 0 aliphatic carbocycles. The zero-order valence-corrected chi connectivity index (χ0v) is 21.4. The third kappa shape index (κ3) is 4.76. The lowest BCUT2D eigenvalue weighted by Crippen LogP contribution is -2.49. The molecule has 3 aromatic carbocycles. The number of hydrogen-bond acceptors (Lipinski definition) is 5. The van der Waals surface area contributed by atoms with Crippen molar-refractivity contribution in [3.8, 4) is 17.1 Å². The molecule has 2 heterocycles. The Bertz CT molecular complexity index is 1370. The van der Waals surface area contributed by atoms with Crippen molar-refractivity contribution in [3.63, 3.8) is 0 Å². The summed E-state index contributed by atoms with van der Waals surface area (Å²) in [6.07, 6.45) is 0. The Morgan fingerprint density at radius 3 is 2.14 bits per heavy atom. The van der Waals surface area contributed by atoms with Gasteiger partial charge >= 0.3 is 0 Å². The molecule has 36 heavy (non-hydrogen) atoms. The second-order valence-electron chi connectivity index (χ2n) is 10.2. The largest absolute Gasteiger partial charge is 0.497 e. The molecule has 4 aromatic rings. The van der Waals surface area contributed by atoms with Crippen molar-refractivity contribution >= 4 is 22.6 Å². The Morgan fingerprint density at radius 1 is 0.833 bits per heavy atom. The monoisotopic (exact) mass is 480 g/mol. The van der Waals surface area contributed by atoms with E-state index >= 15 is 0 Å². The summed E-state index contributed by atoms with van der Waals surface area (Å²) in [6, 6.07) is 23.9. The first-order chi connectivity index (χ1) is 17.3. The summed E-state index contributed by atoms with van der Waals surface area (Å²) in [4.78, 5) is 27.2. The summed E-state index contributed by atoms with van der Waals surface area (Å²) in [6.45, 7) is 9.27. The molecule has 1 aliphatic heterocycles. The number of hydrogen-bond donors (Lipinski definition) is 0. The smallest absolute Gasteiger partial charge is 0.253 e. The van der Waals surface area contributed by atoms with Crippen LogP contribution in [0.25, 0.3) is 22.3 Å². The van der Waals surface area contributed by atoms with Crippen LogP contribution in [0.4, 0.5) is 5.82 Å². The van der Waals surface area contributed by atoms with E-state index < -0.39 is 0 Å². The lowest BCUT2D eigenvalue weighted by molar-refractivity contribution is 0.0746. The number of aromatic nitrogens is 2. The van der Waals surface area contributed by atoms with Crippen LogP contribution >= 0.6 is 0 Å². The Hall–Kier alpha value is -3.93. The van der Waals surface area contributed by atoms with Gasteiger partial charge in [0.25, 0.3) is 5.91 Å². The Labute approximate surface area is 212 Å². The molecule has 0 radical (unpaired) electrons. The number of benzene rings is 3. The minimum atomic E-state index is 0.0676. The van der Waals surface area contributed by atoms with Gasteiger partial charge in [0.1, 0.15) is 11.6 Å². The van der Waals surface area contributed by atoms with E-state index in [0.29, 0.717) is 18.9 Å². The van der Waals surface area contributed by atoms with Crippen molar-refractivity contribution in [1.82, 2.24) is 14.9 Å². The van der Waals surface area contributed by atoms with Gasteiger partial charge in [-0.3, -0.25) is 4.79 Å². The van der Waals surface area contributed by atoms with Crippen LogP contribution in [-0.2, 0) is 5.41 Å². The molecule has 1 fully saturated rings. The molecule has 0 N–H and O–H groups in total. The Kier molecular flexibility index (Phi) is 6.35. The number of para-hydroxylation sites is 1. The van der Waals surface area contributed by atoms with E-state index in [9.17, 15) is 4.79 Å². The van der Waals surface area contributed by atoms with Gasteiger partial charge in [-0.25, -0.2) is 9.97 Å². The molecule has 6 heteroatoms. The number of anilines is 1. The quantitative estimate of drug-likeness (QED) is 0.382. The predicted octanol–water partition coefficient (Wildman–Crippen LogP) is 5.57. The number of piperazine rings is 1. The van der Waals surface area contributed by atoms with Crippen LogP contribution in [0.1, 0.15) is 36.7 Å². The van der Waals surface area contributed by atoms with E-state index in [-0.39, 0.29) is 11.3 Å². The highest BCUT2D eigenvalue weighted by Crippen LogP contribution is 2.29. The average Bonchev–Trinajstić information content (AvgIpc) is 2.92. The maximum absolute atomic E-state index is 13.2. The van der Waals surface area contributed by atoms with Crippen LogP contribution in [0.2, 0.25) is 0 Å². The van der Waals surface area contributed by atoms with Crippen molar-refractivity contribution in [3.05, 3.63) is 83.9 Å². The summed E-state index contributed by atoms with van der Waals surface area (Å²) in [5.74, 6) is 2.48. The molecular weight excluding hydrogens is 448 g/mol. The Balaban J connectivity index is 1.36. The van der Waals surface area contributed by atoms with Crippen LogP contribution in [-0.4, -0.2) is 54.1 Å². The zero-order chi connectivity index (χ0) is 25.3. The fraction of sp³-hybridized carbons (Fsp3) is 0.300. The highest BCUT2D eigenvalue weighted by Gasteiger charge is 2.25. The average molecular weight is 481 g/mol.